The van der Waals surface area contributed by atoms with Gasteiger partial charge in [-0.1, -0.05) is 6.07 Å². The second kappa shape index (κ2) is 7.19. The minimum absolute atomic E-state index is 0.0274. The fourth-order valence-electron chi connectivity index (χ4n) is 3.01. The molecule has 1 aliphatic rings. The molecule has 1 aliphatic heterocycles. The third kappa shape index (κ3) is 3.95. The Balaban J connectivity index is 1.73. The number of thiazole rings is 1. The van der Waals surface area contributed by atoms with Gasteiger partial charge in [0.15, 0.2) is 0 Å². The first-order valence-electron chi connectivity index (χ1n) is 7.97. The molecular formula is C17H22N4OS. The lowest BCUT2D eigenvalue weighted by atomic mass is 10.1. The number of aryl methyl sites for hydroxylation is 1. The minimum atomic E-state index is -0.0274. The van der Waals surface area contributed by atoms with Crippen LogP contribution in [0.25, 0.3) is 0 Å². The zero-order chi connectivity index (χ0) is 16.2. The molecule has 0 aromatic carbocycles. The Morgan fingerprint density at radius 3 is 3.09 bits per heavy atom. The summed E-state index contributed by atoms with van der Waals surface area (Å²) in [4.78, 5) is 24.0. The maximum Gasteiger partial charge on any atom is 0.217 e. The van der Waals surface area contributed by atoms with Crippen LogP contribution in [-0.2, 0) is 17.9 Å². The summed E-state index contributed by atoms with van der Waals surface area (Å²) >= 11 is 1.73. The molecular weight excluding hydrogens is 308 g/mol. The number of hydrogen-bond acceptors (Lipinski definition) is 5. The molecule has 1 atom stereocenters. The molecule has 0 unspecified atom stereocenters. The second-order valence-corrected chi connectivity index (χ2v) is 6.89. The van der Waals surface area contributed by atoms with Crippen molar-refractivity contribution in [3.8, 4) is 0 Å². The van der Waals surface area contributed by atoms with Gasteiger partial charge < -0.3 is 5.32 Å². The van der Waals surface area contributed by atoms with E-state index in [4.69, 9.17) is 4.98 Å². The molecule has 1 amide bonds. The molecule has 23 heavy (non-hydrogen) atoms. The highest BCUT2D eigenvalue weighted by Gasteiger charge is 2.27. The summed E-state index contributed by atoms with van der Waals surface area (Å²) in [5, 5.41) is 2.81. The van der Waals surface area contributed by atoms with Crippen LogP contribution in [0.15, 0.2) is 23.7 Å². The number of likely N-dealkylation sites (tertiary alicyclic amines) is 1. The predicted molar refractivity (Wildman–Crippen MR) is 91.0 cm³/mol. The Kier molecular flexibility index (Phi) is 5.03. The normalized spacial score (nSPS) is 18.3. The summed E-state index contributed by atoms with van der Waals surface area (Å²) in [5.74, 6) is -0.0274. The van der Waals surface area contributed by atoms with E-state index < -0.39 is 0 Å². The molecule has 6 heteroatoms. The number of hydrogen-bond donors (Lipinski definition) is 1. The molecule has 0 radical (unpaired) electrons. The molecule has 1 fully saturated rings. The van der Waals surface area contributed by atoms with Gasteiger partial charge in [-0.05, 0) is 38.4 Å². The van der Waals surface area contributed by atoms with Crippen LogP contribution in [0, 0.1) is 6.92 Å². The van der Waals surface area contributed by atoms with Crippen LogP contribution in [-0.4, -0.2) is 27.3 Å². The minimum Gasteiger partial charge on any atom is -0.351 e. The van der Waals surface area contributed by atoms with Crippen molar-refractivity contribution in [2.75, 3.05) is 6.54 Å². The first-order valence-corrected chi connectivity index (χ1v) is 8.84. The number of aromatic nitrogens is 2. The van der Waals surface area contributed by atoms with E-state index in [0.29, 0.717) is 12.6 Å². The first kappa shape index (κ1) is 16.1. The molecule has 5 nitrogen and oxygen atoms in total. The highest BCUT2D eigenvalue weighted by Crippen LogP contribution is 2.33. The van der Waals surface area contributed by atoms with Crippen LogP contribution in [0.4, 0.5) is 0 Å². The lowest BCUT2D eigenvalue weighted by Crippen LogP contribution is -2.24. The molecule has 122 valence electrons. The topological polar surface area (TPSA) is 58.1 Å². The number of nitrogens with zero attached hydrogens (tertiary/aromatic N) is 3. The molecule has 0 spiro atoms. The number of amides is 1. The molecule has 0 saturated carbocycles. The number of carbonyl (C=O) groups excluding carboxylic acids is 1. The van der Waals surface area contributed by atoms with E-state index in [2.05, 4.69) is 28.2 Å². The van der Waals surface area contributed by atoms with E-state index >= 15 is 0 Å². The molecule has 2 aromatic rings. The van der Waals surface area contributed by atoms with Gasteiger partial charge in [0, 0.05) is 18.3 Å². The van der Waals surface area contributed by atoms with E-state index in [-0.39, 0.29) is 5.91 Å². The van der Waals surface area contributed by atoms with Crippen molar-refractivity contribution in [2.24, 2.45) is 0 Å². The second-order valence-electron chi connectivity index (χ2n) is 5.95. The van der Waals surface area contributed by atoms with Gasteiger partial charge in [0.2, 0.25) is 5.91 Å². The van der Waals surface area contributed by atoms with Crippen LogP contribution in [0.3, 0.4) is 0 Å². The predicted octanol–water partition coefficient (Wildman–Crippen LogP) is 2.82. The Morgan fingerprint density at radius 1 is 1.48 bits per heavy atom. The smallest absolute Gasteiger partial charge is 0.217 e. The third-order valence-corrected chi connectivity index (χ3v) is 5.16. The van der Waals surface area contributed by atoms with Gasteiger partial charge in [-0.15, -0.1) is 11.3 Å². The van der Waals surface area contributed by atoms with Crippen molar-refractivity contribution >= 4 is 17.2 Å². The van der Waals surface area contributed by atoms with Gasteiger partial charge in [0.25, 0.3) is 0 Å². The van der Waals surface area contributed by atoms with Gasteiger partial charge in [-0.3, -0.25) is 14.7 Å². The highest BCUT2D eigenvalue weighted by molar-refractivity contribution is 7.09. The van der Waals surface area contributed by atoms with Crippen LogP contribution < -0.4 is 5.32 Å². The molecule has 0 bridgehead atoms. The number of carbonyl (C=O) groups is 1. The average Bonchev–Trinajstić information content (AvgIpc) is 3.16. The summed E-state index contributed by atoms with van der Waals surface area (Å²) < 4.78 is 0. The monoisotopic (exact) mass is 330 g/mol. The summed E-state index contributed by atoms with van der Waals surface area (Å²) in [6.07, 6.45) is 2.33. The van der Waals surface area contributed by atoms with Crippen LogP contribution in [0.1, 0.15) is 47.8 Å². The van der Waals surface area contributed by atoms with Crippen LogP contribution in [0.2, 0.25) is 0 Å². The zero-order valence-electron chi connectivity index (χ0n) is 13.6. The first-order chi connectivity index (χ1) is 11.1. The van der Waals surface area contributed by atoms with Crippen molar-refractivity contribution in [1.29, 1.82) is 0 Å². The van der Waals surface area contributed by atoms with E-state index in [0.717, 1.165) is 36.6 Å². The van der Waals surface area contributed by atoms with E-state index in [1.54, 1.807) is 11.3 Å². The van der Waals surface area contributed by atoms with Crippen molar-refractivity contribution in [3.05, 3.63) is 45.7 Å². The maximum absolute atomic E-state index is 11.1. The Hall–Kier alpha value is -1.79. The third-order valence-electron chi connectivity index (χ3n) is 4.24. The van der Waals surface area contributed by atoms with E-state index in [1.807, 2.05) is 17.6 Å². The van der Waals surface area contributed by atoms with Gasteiger partial charge in [-0.2, -0.15) is 0 Å². The summed E-state index contributed by atoms with van der Waals surface area (Å²) in [6, 6.07) is 6.45. The fraction of sp³-hybridized carbons (Fsp3) is 0.471. The summed E-state index contributed by atoms with van der Waals surface area (Å²) in [7, 11) is 0. The lowest BCUT2D eigenvalue weighted by Gasteiger charge is -2.24. The van der Waals surface area contributed by atoms with Gasteiger partial charge >= 0.3 is 0 Å². The highest BCUT2D eigenvalue weighted by atomic mass is 32.1. The molecule has 0 aliphatic carbocycles. The van der Waals surface area contributed by atoms with Crippen LogP contribution in [0.5, 0.6) is 0 Å². The Bertz CT molecular complexity index is 685. The SMILES string of the molecule is CC(=O)NCc1cccc([C@@H]2CCCN2Cc2scnc2C)n1. The van der Waals surface area contributed by atoms with Gasteiger partial charge in [0.05, 0.1) is 35.2 Å². The van der Waals surface area contributed by atoms with Crippen molar-refractivity contribution in [1.82, 2.24) is 20.2 Å². The van der Waals surface area contributed by atoms with Gasteiger partial charge in [-0.25, -0.2) is 4.98 Å². The fourth-order valence-corrected chi connectivity index (χ4v) is 3.81. The largest absolute Gasteiger partial charge is 0.351 e. The van der Waals surface area contributed by atoms with Crippen molar-refractivity contribution in [2.45, 2.75) is 45.8 Å². The van der Waals surface area contributed by atoms with Crippen molar-refractivity contribution in [3.63, 3.8) is 0 Å². The molecule has 1 saturated heterocycles. The quantitative estimate of drug-likeness (QED) is 0.916. The molecule has 3 heterocycles. The molecule has 1 N–H and O–H groups in total. The zero-order valence-corrected chi connectivity index (χ0v) is 14.4. The summed E-state index contributed by atoms with van der Waals surface area (Å²) in [5.41, 5.74) is 5.07. The summed E-state index contributed by atoms with van der Waals surface area (Å²) in [6.45, 7) is 6.13. The standard InChI is InChI=1S/C17H22N4OS/c1-12-17(23-11-19-12)10-21-8-4-7-16(21)15-6-3-5-14(20-15)9-18-13(2)22/h3,5-6,11,16H,4,7-10H2,1-2H3,(H,18,22)/t16-/m0/s1. The van der Waals surface area contributed by atoms with Gasteiger partial charge in [0.1, 0.15) is 0 Å². The number of nitrogens with one attached hydrogen (secondary N) is 1. The van der Waals surface area contributed by atoms with Crippen LogP contribution >= 0.6 is 11.3 Å². The van der Waals surface area contributed by atoms with E-state index in [9.17, 15) is 4.79 Å². The average molecular weight is 330 g/mol. The number of pyridine rings is 1. The molecule has 3 rings (SSSR count). The maximum atomic E-state index is 11.1. The molecule has 2 aromatic heterocycles. The Morgan fingerprint density at radius 2 is 2.35 bits per heavy atom. The Labute approximate surface area is 140 Å². The lowest BCUT2D eigenvalue weighted by molar-refractivity contribution is -0.119. The van der Waals surface area contributed by atoms with E-state index in [1.165, 1.54) is 18.2 Å². The van der Waals surface area contributed by atoms with Crippen molar-refractivity contribution < 1.29 is 4.79 Å². The number of rotatable bonds is 5.